The Labute approximate surface area is 91.7 Å². The van der Waals surface area contributed by atoms with Crippen LogP contribution in [0.5, 0.6) is 5.88 Å². The Kier molecular flexibility index (Phi) is 3.59. The van der Waals surface area contributed by atoms with Crippen molar-refractivity contribution in [3.63, 3.8) is 0 Å². The fraction of sp³-hybridized carbons (Fsp3) is 0.615. The maximum atomic E-state index is 5.72. The van der Waals surface area contributed by atoms with Gasteiger partial charge in [-0.05, 0) is 36.8 Å². The maximum Gasteiger partial charge on any atom is 0.213 e. The van der Waals surface area contributed by atoms with Gasteiger partial charge in [-0.15, -0.1) is 0 Å². The molecule has 0 aliphatic heterocycles. The number of rotatable bonds is 4. The molecular weight excluding hydrogens is 186 g/mol. The number of nitrogens with zero attached hydrogens (tertiary/aromatic N) is 1. The van der Waals surface area contributed by atoms with Gasteiger partial charge in [-0.1, -0.05) is 19.8 Å². The van der Waals surface area contributed by atoms with E-state index in [4.69, 9.17) is 4.74 Å². The van der Waals surface area contributed by atoms with Gasteiger partial charge in [-0.2, -0.15) is 0 Å². The first-order valence-corrected chi connectivity index (χ1v) is 5.96. The first kappa shape index (κ1) is 10.5. The highest BCUT2D eigenvalue weighted by molar-refractivity contribution is 5.20. The van der Waals surface area contributed by atoms with Gasteiger partial charge in [0.25, 0.3) is 0 Å². The summed E-state index contributed by atoms with van der Waals surface area (Å²) in [5, 5.41) is 0. The minimum absolute atomic E-state index is 0.761. The molecule has 2 rings (SSSR count). The van der Waals surface area contributed by atoms with Gasteiger partial charge in [0.1, 0.15) is 0 Å². The lowest BCUT2D eigenvalue weighted by Crippen LogP contribution is -2.08. The quantitative estimate of drug-likeness (QED) is 0.753. The molecule has 1 heterocycles. The van der Waals surface area contributed by atoms with E-state index in [-0.39, 0.29) is 0 Å². The third-order valence-corrected chi connectivity index (χ3v) is 3.15. The predicted molar refractivity (Wildman–Crippen MR) is 61.1 cm³/mol. The zero-order valence-corrected chi connectivity index (χ0v) is 9.41. The highest BCUT2D eigenvalue weighted by Gasteiger charge is 2.15. The Morgan fingerprint density at radius 2 is 2.20 bits per heavy atom. The second-order valence-electron chi connectivity index (χ2n) is 4.32. The van der Waals surface area contributed by atoms with Gasteiger partial charge in [-0.25, -0.2) is 4.98 Å². The van der Waals surface area contributed by atoms with Crippen LogP contribution >= 0.6 is 0 Å². The van der Waals surface area contributed by atoms with Crippen LogP contribution in [0.1, 0.15) is 38.2 Å². The number of hydrogen-bond acceptors (Lipinski definition) is 2. The van der Waals surface area contributed by atoms with Crippen molar-refractivity contribution in [1.82, 2.24) is 4.98 Å². The zero-order valence-electron chi connectivity index (χ0n) is 9.41. The lowest BCUT2D eigenvalue weighted by molar-refractivity contribution is 0.243. The average Bonchev–Trinajstić information content (AvgIpc) is 2.79. The van der Waals surface area contributed by atoms with E-state index in [2.05, 4.69) is 18.0 Å². The molecule has 1 fully saturated rings. The normalized spacial score (nSPS) is 16.9. The van der Waals surface area contributed by atoms with E-state index in [0.717, 1.165) is 24.8 Å². The van der Waals surface area contributed by atoms with Gasteiger partial charge >= 0.3 is 0 Å². The molecule has 0 radical (unpaired) electrons. The molecule has 0 amide bonds. The SMILES string of the molecule is CCc1ccnc(OCC2CCCC2)c1. The van der Waals surface area contributed by atoms with Crippen LogP contribution in [0.3, 0.4) is 0 Å². The van der Waals surface area contributed by atoms with E-state index in [1.165, 1.54) is 31.2 Å². The molecule has 0 aromatic carbocycles. The van der Waals surface area contributed by atoms with Crippen molar-refractivity contribution in [3.05, 3.63) is 23.9 Å². The summed E-state index contributed by atoms with van der Waals surface area (Å²) in [6.07, 6.45) is 8.28. The van der Waals surface area contributed by atoms with Crippen LogP contribution < -0.4 is 4.74 Å². The van der Waals surface area contributed by atoms with Gasteiger partial charge in [0.05, 0.1) is 6.61 Å². The van der Waals surface area contributed by atoms with Gasteiger partial charge in [0, 0.05) is 12.3 Å². The zero-order chi connectivity index (χ0) is 10.5. The molecule has 2 nitrogen and oxygen atoms in total. The van der Waals surface area contributed by atoms with Crippen molar-refractivity contribution in [1.29, 1.82) is 0 Å². The second kappa shape index (κ2) is 5.15. The topological polar surface area (TPSA) is 22.1 Å². The minimum atomic E-state index is 0.761. The molecular formula is C13H19NO. The van der Waals surface area contributed by atoms with Crippen molar-refractivity contribution in [2.75, 3.05) is 6.61 Å². The average molecular weight is 205 g/mol. The van der Waals surface area contributed by atoms with Crippen molar-refractivity contribution in [3.8, 4) is 5.88 Å². The first-order valence-electron chi connectivity index (χ1n) is 5.96. The second-order valence-corrected chi connectivity index (χ2v) is 4.32. The van der Waals surface area contributed by atoms with Crippen LogP contribution in [-0.4, -0.2) is 11.6 Å². The molecule has 0 saturated heterocycles. The van der Waals surface area contributed by atoms with E-state index in [9.17, 15) is 0 Å². The molecule has 0 N–H and O–H groups in total. The number of aromatic nitrogens is 1. The van der Waals surface area contributed by atoms with Crippen molar-refractivity contribution in [2.45, 2.75) is 39.0 Å². The molecule has 1 aromatic heterocycles. The summed E-state index contributed by atoms with van der Waals surface area (Å²) in [7, 11) is 0. The monoisotopic (exact) mass is 205 g/mol. The van der Waals surface area contributed by atoms with E-state index in [0.29, 0.717) is 0 Å². The van der Waals surface area contributed by atoms with E-state index in [1.807, 2.05) is 12.3 Å². The van der Waals surface area contributed by atoms with Crippen molar-refractivity contribution < 1.29 is 4.74 Å². The van der Waals surface area contributed by atoms with Crippen LogP contribution in [0.4, 0.5) is 0 Å². The summed E-state index contributed by atoms with van der Waals surface area (Å²) in [6.45, 7) is 3.00. The van der Waals surface area contributed by atoms with Crippen LogP contribution in [0.15, 0.2) is 18.3 Å². The van der Waals surface area contributed by atoms with Gasteiger partial charge in [0.2, 0.25) is 5.88 Å². The Morgan fingerprint density at radius 3 is 2.93 bits per heavy atom. The Morgan fingerprint density at radius 1 is 1.40 bits per heavy atom. The fourth-order valence-corrected chi connectivity index (χ4v) is 2.13. The smallest absolute Gasteiger partial charge is 0.213 e. The molecule has 82 valence electrons. The van der Waals surface area contributed by atoms with Crippen molar-refractivity contribution >= 4 is 0 Å². The van der Waals surface area contributed by atoms with Crippen LogP contribution in [0, 0.1) is 5.92 Å². The van der Waals surface area contributed by atoms with Gasteiger partial charge in [-0.3, -0.25) is 0 Å². The molecule has 1 aliphatic rings. The summed E-state index contributed by atoms with van der Waals surface area (Å²) in [5.41, 5.74) is 1.30. The Balaban J connectivity index is 1.86. The summed E-state index contributed by atoms with van der Waals surface area (Å²) < 4.78 is 5.72. The van der Waals surface area contributed by atoms with E-state index < -0.39 is 0 Å². The van der Waals surface area contributed by atoms with E-state index in [1.54, 1.807) is 0 Å². The minimum Gasteiger partial charge on any atom is -0.477 e. The fourth-order valence-electron chi connectivity index (χ4n) is 2.13. The van der Waals surface area contributed by atoms with Crippen LogP contribution in [-0.2, 0) is 6.42 Å². The predicted octanol–water partition coefficient (Wildman–Crippen LogP) is 3.21. The molecule has 15 heavy (non-hydrogen) atoms. The van der Waals surface area contributed by atoms with Crippen LogP contribution in [0.2, 0.25) is 0 Å². The lowest BCUT2D eigenvalue weighted by atomic mass is 10.1. The van der Waals surface area contributed by atoms with Crippen molar-refractivity contribution in [2.24, 2.45) is 5.92 Å². The first-order chi connectivity index (χ1) is 7.38. The molecule has 0 spiro atoms. The maximum absolute atomic E-state index is 5.72. The number of hydrogen-bond donors (Lipinski definition) is 0. The third-order valence-electron chi connectivity index (χ3n) is 3.15. The molecule has 2 heteroatoms. The van der Waals surface area contributed by atoms with E-state index >= 15 is 0 Å². The standard InChI is InChI=1S/C13H19NO/c1-2-11-7-8-14-13(9-11)15-10-12-5-3-4-6-12/h7-9,12H,2-6,10H2,1H3. The summed E-state index contributed by atoms with van der Waals surface area (Å²) in [5.74, 6) is 1.55. The largest absolute Gasteiger partial charge is 0.477 e. The van der Waals surface area contributed by atoms with Gasteiger partial charge < -0.3 is 4.74 Å². The lowest BCUT2D eigenvalue weighted by Gasteiger charge is -2.10. The molecule has 1 saturated carbocycles. The molecule has 0 bridgehead atoms. The number of ether oxygens (including phenoxy) is 1. The van der Waals surface area contributed by atoms with Crippen LogP contribution in [0.25, 0.3) is 0 Å². The Hall–Kier alpha value is -1.05. The molecule has 1 aromatic rings. The van der Waals surface area contributed by atoms with Gasteiger partial charge in [0.15, 0.2) is 0 Å². The number of aryl methyl sites for hydroxylation is 1. The summed E-state index contributed by atoms with van der Waals surface area (Å²) >= 11 is 0. The number of pyridine rings is 1. The Bertz CT molecular complexity index is 305. The molecule has 0 atom stereocenters. The third kappa shape index (κ3) is 2.95. The summed E-state index contributed by atoms with van der Waals surface area (Å²) in [6, 6.07) is 4.09. The highest BCUT2D eigenvalue weighted by Crippen LogP contribution is 2.25. The summed E-state index contributed by atoms with van der Waals surface area (Å²) in [4.78, 5) is 4.23. The molecule has 1 aliphatic carbocycles. The highest BCUT2D eigenvalue weighted by atomic mass is 16.5. The molecule has 0 unspecified atom stereocenters.